The highest BCUT2D eigenvalue weighted by atomic mass is 19.1. The second-order valence-corrected chi connectivity index (χ2v) is 8.79. The molecule has 3 aromatic rings. The molecule has 0 aliphatic carbocycles. The van der Waals surface area contributed by atoms with Gasteiger partial charge in [0, 0.05) is 50.7 Å². The summed E-state index contributed by atoms with van der Waals surface area (Å²) in [5.41, 5.74) is 9.70. The van der Waals surface area contributed by atoms with E-state index in [1.165, 1.54) is 11.6 Å². The van der Waals surface area contributed by atoms with Crippen LogP contribution in [0.3, 0.4) is 0 Å². The number of likely N-dealkylation sites (tertiary alicyclic amines) is 1. The molecule has 1 atom stereocenters. The summed E-state index contributed by atoms with van der Waals surface area (Å²) in [6.45, 7) is 1.95. The SMILES string of the molecule is Nc1cc(OCF)ccc1C(=O)N1CCC(c2ccnc3nc(CC4CCOC4)[nH]c23)CC1. The maximum Gasteiger partial charge on any atom is 0.255 e. The molecule has 2 fully saturated rings. The van der Waals surface area contributed by atoms with E-state index in [0.717, 1.165) is 55.9 Å². The number of aromatic amines is 1. The number of imidazole rings is 1. The lowest BCUT2D eigenvalue weighted by atomic mass is 9.89. The molecule has 8 nitrogen and oxygen atoms in total. The lowest BCUT2D eigenvalue weighted by Gasteiger charge is -2.32. The first kappa shape index (κ1) is 21.6. The number of carbonyl (C=O) groups excluding carboxylic acids is 1. The van der Waals surface area contributed by atoms with Gasteiger partial charge >= 0.3 is 0 Å². The predicted molar refractivity (Wildman–Crippen MR) is 122 cm³/mol. The number of piperidine rings is 1. The Labute approximate surface area is 191 Å². The largest absolute Gasteiger partial charge is 0.463 e. The maximum absolute atomic E-state index is 13.0. The summed E-state index contributed by atoms with van der Waals surface area (Å²) in [5, 5.41) is 0. The van der Waals surface area contributed by atoms with Crippen molar-refractivity contribution in [3.8, 4) is 5.75 Å². The van der Waals surface area contributed by atoms with Crippen LogP contribution in [0.4, 0.5) is 10.1 Å². The van der Waals surface area contributed by atoms with Crippen LogP contribution < -0.4 is 10.5 Å². The molecule has 3 N–H and O–H groups in total. The normalized spacial score (nSPS) is 19.3. The van der Waals surface area contributed by atoms with Crippen LogP contribution in [0.2, 0.25) is 0 Å². The Morgan fingerprint density at radius 3 is 2.85 bits per heavy atom. The molecule has 2 saturated heterocycles. The number of benzene rings is 1. The molecule has 174 valence electrons. The van der Waals surface area contributed by atoms with Crippen LogP contribution in [0, 0.1) is 5.92 Å². The Kier molecular flexibility index (Phi) is 6.13. The number of fused-ring (bicyclic) bond motifs is 1. The van der Waals surface area contributed by atoms with E-state index in [0.29, 0.717) is 41.9 Å². The number of H-pyrrole nitrogens is 1. The number of carbonyl (C=O) groups is 1. The van der Waals surface area contributed by atoms with Crippen LogP contribution in [-0.2, 0) is 11.2 Å². The topological polar surface area (TPSA) is 106 Å². The molecule has 0 spiro atoms. The number of alkyl halides is 1. The minimum absolute atomic E-state index is 0.111. The summed E-state index contributed by atoms with van der Waals surface area (Å²) >= 11 is 0. The van der Waals surface area contributed by atoms with E-state index in [1.54, 1.807) is 12.1 Å². The van der Waals surface area contributed by atoms with Gasteiger partial charge in [0.05, 0.1) is 11.1 Å². The minimum atomic E-state index is -0.935. The molecule has 1 amide bonds. The predicted octanol–water partition coefficient (Wildman–Crippen LogP) is 3.44. The lowest BCUT2D eigenvalue weighted by molar-refractivity contribution is 0.0714. The molecule has 2 aliphatic heterocycles. The average Bonchev–Trinajstić information content (AvgIpc) is 3.48. The van der Waals surface area contributed by atoms with Crippen molar-refractivity contribution in [2.45, 2.75) is 31.6 Å². The number of hydrogen-bond donors (Lipinski definition) is 2. The first-order valence-electron chi connectivity index (χ1n) is 11.4. The highest BCUT2D eigenvalue weighted by Gasteiger charge is 2.27. The van der Waals surface area contributed by atoms with E-state index < -0.39 is 6.86 Å². The number of rotatable bonds is 6. The third-order valence-corrected chi connectivity index (χ3v) is 6.68. The van der Waals surface area contributed by atoms with E-state index in [2.05, 4.69) is 16.0 Å². The molecular formula is C24H28FN5O3. The molecular weight excluding hydrogens is 425 g/mol. The molecule has 33 heavy (non-hydrogen) atoms. The summed E-state index contributed by atoms with van der Waals surface area (Å²) in [7, 11) is 0. The highest BCUT2D eigenvalue weighted by Crippen LogP contribution is 2.33. The van der Waals surface area contributed by atoms with Gasteiger partial charge in [-0.25, -0.2) is 14.4 Å². The molecule has 2 aromatic heterocycles. The Morgan fingerprint density at radius 1 is 1.27 bits per heavy atom. The van der Waals surface area contributed by atoms with Gasteiger partial charge in [0.15, 0.2) is 5.65 Å². The third kappa shape index (κ3) is 4.50. The summed E-state index contributed by atoms with van der Waals surface area (Å²) in [4.78, 5) is 27.5. The fourth-order valence-corrected chi connectivity index (χ4v) is 4.88. The molecule has 9 heteroatoms. The van der Waals surface area contributed by atoms with Gasteiger partial charge in [-0.05, 0) is 54.9 Å². The first-order valence-corrected chi connectivity index (χ1v) is 11.4. The first-order chi connectivity index (χ1) is 16.1. The number of amides is 1. The van der Waals surface area contributed by atoms with E-state index in [1.807, 2.05) is 11.1 Å². The molecule has 1 unspecified atom stereocenters. The number of anilines is 1. The standard InChI is InChI=1S/C24H28FN5O3/c25-14-33-17-1-2-19(20(26)12-17)24(31)30-8-4-16(5-9-30)18-3-7-27-23-22(18)28-21(29-23)11-15-6-10-32-13-15/h1-3,7,12,15-16H,4-6,8-11,13-14,26H2,(H,27,28,29). The fraction of sp³-hybridized carbons (Fsp3) is 0.458. The molecule has 0 saturated carbocycles. The van der Waals surface area contributed by atoms with Gasteiger partial charge in [-0.1, -0.05) is 0 Å². The van der Waals surface area contributed by atoms with Crippen molar-refractivity contribution in [1.82, 2.24) is 19.9 Å². The van der Waals surface area contributed by atoms with Crippen molar-refractivity contribution in [1.29, 1.82) is 0 Å². The van der Waals surface area contributed by atoms with Crippen LogP contribution in [-0.4, -0.2) is 58.9 Å². The van der Waals surface area contributed by atoms with Crippen molar-refractivity contribution < 1.29 is 18.7 Å². The Balaban J connectivity index is 1.27. The van der Waals surface area contributed by atoms with Gasteiger partial charge in [0.2, 0.25) is 6.86 Å². The summed E-state index contributed by atoms with van der Waals surface area (Å²) in [6.07, 6.45) is 5.46. The second kappa shape index (κ2) is 9.35. The van der Waals surface area contributed by atoms with Crippen LogP contribution in [0.15, 0.2) is 30.5 Å². The number of ether oxygens (including phenoxy) is 2. The number of aromatic nitrogens is 3. The minimum Gasteiger partial charge on any atom is -0.463 e. The fourth-order valence-electron chi connectivity index (χ4n) is 4.88. The van der Waals surface area contributed by atoms with Crippen LogP contribution >= 0.6 is 0 Å². The van der Waals surface area contributed by atoms with Gasteiger partial charge in [0.1, 0.15) is 11.6 Å². The molecule has 5 rings (SSSR count). The van der Waals surface area contributed by atoms with E-state index in [-0.39, 0.29) is 5.91 Å². The summed E-state index contributed by atoms with van der Waals surface area (Å²) in [6, 6.07) is 6.72. The number of nitrogens with two attached hydrogens (primary N) is 1. The molecule has 2 aliphatic rings. The summed E-state index contributed by atoms with van der Waals surface area (Å²) < 4.78 is 22.7. The molecule has 1 aromatic carbocycles. The maximum atomic E-state index is 13.0. The molecule has 0 bridgehead atoms. The van der Waals surface area contributed by atoms with Crippen molar-refractivity contribution in [2.75, 3.05) is 38.9 Å². The number of halogens is 1. The van der Waals surface area contributed by atoms with Crippen LogP contribution in [0.1, 0.15) is 46.9 Å². The second-order valence-electron chi connectivity index (χ2n) is 8.79. The molecule has 0 radical (unpaired) electrons. The number of nitrogen functional groups attached to an aromatic ring is 1. The van der Waals surface area contributed by atoms with Gasteiger partial charge < -0.3 is 25.1 Å². The highest BCUT2D eigenvalue weighted by molar-refractivity contribution is 5.99. The van der Waals surface area contributed by atoms with Crippen LogP contribution in [0.5, 0.6) is 5.75 Å². The van der Waals surface area contributed by atoms with E-state index >= 15 is 0 Å². The van der Waals surface area contributed by atoms with Crippen molar-refractivity contribution in [3.63, 3.8) is 0 Å². The number of hydrogen-bond acceptors (Lipinski definition) is 6. The van der Waals surface area contributed by atoms with Gasteiger partial charge in [-0.15, -0.1) is 0 Å². The van der Waals surface area contributed by atoms with Gasteiger partial charge in [0.25, 0.3) is 5.91 Å². The van der Waals surface area contributed by atoms with E-state index in [4.69, 9.17) is 20.2 Å². The summed E-state index contributed by atoms with van der Waals surface area (Å²) in [5.74, 6) is 1.99. The number of nitrogens with one attached hydrogen (secondary N) is 1. The van der Waals surface area contributed by atoms with Crippen molar-refractivity contribution in [2.24, 2.45) is 5.92 Å². The van der Waals surface area contributed by atoms with Crippen molar-refractivity contribution in [3.05, 3.63) is 47.4 Å². The average molecular weight is 454 g/mol. The number of nitrogens with zero attached hydrogens (tertiary/aromatic N) is 3. The monoisotopic (exact) mass is 453 g/mol. The Hall–Kier alpha value is -3.20. The zero-order chi connectivity index (χ0) is 22.8. The van der Waals surface area contributed by atoms with E-state index in [9.17, 15) is 9.18 Å². The third-order valence-electron chi connectivity index (χ3n) is 6.68. The quantitative estimate of drug-likeness (QED) is 0.554. The van der Waals surface area contributed by atoms with Gasteiger partial charge in [-0.3, -0.25) is 4.79 Å². The van der Waals surface area contributed by atoms with Crippen molar-refractivity contribution >= 4 is 22.8 Å². The molecule has 4 heterocycles. The zero-order valence-electron chi connectivity index (χ0n) is 18.4. The Morgan fingerprint density at radius 2 is 2.12 bits per heavy atom. The van der Waals surface area contributed by atoms with Gasteiger partial charge in [-0.2, -0.15) is 0 Å². The smallest absolute Gasteiger partial charge is 0.255 e. The lowest BCUT2D eigenvalue weighted by Crippen LogP contribution is -2.38. The van der Waals surface area contributed by atoms with Crippen LogP contribution in [0.25, 0.3) is 11.2 Å². The number of pyridine rings is 1. The zero-order valence-corrected chi connectivity index (χ0v) is 18.4. The Bertz CT molecular complexity index is 1140.